The normalized spacial score (nSPS) is 20.6. The maximum atomic E-state index is 5.45. The zero-order chi connectivity index (χ0) is 19.0. The van der Waals surface area contributed by atoms with Gasteiger partial charge in [0.2, 0.25) is 0 Å². The fourth-order valence-electron chi connectivity index (χ4n) is 3.52. The van der Waals surface area contributed by atoms with E-state index in [9.17, 15) is 0 Å². The number of hydrogen-bond donors (Lipinski definition) is 1. The minimum Gasteiger partial charge on any atom is -0.469 e. The first kappa shape index (κ1) is 23.8. The number of rotatable bonds is 7. The molecule has 0 aromatic carbocycles. The molecule has 3 rings (SSSR count). The van der Waals surface area contributed by atoms with Crippen LogP contribution >= 0.6 is 35.7 Å². The molecule has 1 aromatic heterocycles. The smallest absolute Gasteiger partial charge is 0.194 e. The molecule has 3 heterocycles. The second-order valence-corrected chi connectivity index (χ2v) is 9.60. The van der Waals surface area contributed by atoms with Crippen molar-refractivity contribution < 1.29 is 9.15 Å². The molecule has 0 atom stereocenters. The van der Waals surface area contributed by atoms with E-state index in [1.54, 1.807) is 6.26 Å². The molecule has 2 fully saturated rings. The van der Waals surface area contributed by atoms with Gasteiger partial charge in [-0.25, -0.2) is 0 Å². The highest BCUT2D eigenvalue weighted by atomic mass is 127. The van der Waals surface area contributed by atoms with Gasteiger partial charge in [-0.1, -0.05) is 0 Å². The second-order valence-electron chi connectivity index (χ2n) is 7.80. The van der Waals surface area contributed by atoms with Gasteiger partial charge in [0.05, 0.1) is 19.5 Å². The molecule has 0 radical (unpaired) electrons. The Labute approximate surface area is 190 Å². The molecule has 6 nitrogen and oxygen atoms in total. The van der Waals surface area contributed by atoms with Gasteiger partial charge < -0.3 is 19.4 Å². The van der Waals surface area contributed by atoms with E-state index in [0.717, 1.165) is 89.3 Å². The average molecular weight is 522 g/mol. The van der Waals surface area contributed by atoms with Crippen LogP contribution in [0.4, 0.5) is 0 Å². The van der Waals surface area contributed by atoms with E-state index >= 15 is 0 Å². The first-order valence-electron chi connectivity index (χ1n) is 10.1. The van der Waals surface area contributed by atoms with Gasteiger partial charge in [0, 0.05) is 62.7 Å². The van der Waals surface area contributed by atoms with Crippen molar-refractivity contribution in [1.29, 1.82) is 0 Å². The molecule has 0 unspecified atom stereocenters. The van der Waals surface area contributed by atoms with Gasteiger partial charge in [0.15, 0.2) is 5.96 Å². The molecule has 2 aliphatic rings. The van der Waals surface area contributed by atoms with Gasteiger partial charge >= 0.3 is 0 Å². The highest BCUT2D eigenvalue weighted by Gasteiger charge is 2.28. The highest BCUT2D eigenvalue weighted by molar-refractivity contribution is 14.0. The summed E-state index contributed by atoms with van der Waals surface area (Å²) in [6.45, 7) is 13.4. The number of ether oxygens (including phenoxy) is 1. The monoisotopic (exact) mass is 522 g/mol. The summed E-state index contributed by atoms with van der Waals surface area (Å²) in [6, 6.07) is 3.97. The molecule has 0 amide bonds. The van der Waals surface area contributed by atoms with Crippen LogP contribution in [-0.2, 0) is 11.2 Å². The van der Waals surface area contributed by atoms with E-state index in [1.165, 1.54) is 0 Å². The quantitative estimate of drug-likeness (QED) is 0.257. The molecule has 1 N–H and O–H groups in total. The SMILES string of the molecule is CC1(C)CN(C(=NCCCN2CCOCC2)NCCc2ccco2)CCS1.I. The van der Waals surface area contributed by atoms with E-state index in [1.807, 2.05) is 12.1 Å². The first-order valence-corrected chi connectivity index (χ1v) is 11.1. The van der Waals surface area contributed by atoms with Crippen molar-refractivity contribution in [2.45, 2.75) is 31.4 Å². The predicted molar refractivity (Wildman–Crippen MR) is 128 cm³/mol. The summed E-state index contributed by atoms with van der Waals surface area (Å²) in [5, 5.41) is 3.58. The van der Waals surface area contributed by atoms with E-state index in [-0.39, 0.29) is 28.7 Å². The maximum Gasteiger partial charge on any atom is 0.194 e. The standard InChI is InChI=1S/C20H34N4O2S.HI/c1-20(2)17-24(12-16-27-20)19(22-8-6-18-5-3-13-26-18)21-7-4-9-23-10-14-25-15-11-23;/h3,5,13H,4,6-12,14-17H2,1-2H3,(H,21,22);1H. The van der Waals surface area contributed by atoms with Crippen LogP contribution in [0.25, 0.3) is 0 Å². The topological polar surface area (TPSA) is 53.2 Å². The van der Waals surface area contributed by atoms with Crippen LogP contribution < -0.4 is 5.32 Å². The van der Waals surface area contributed by atoms with Crippen molar-refractivity contribution in [3.8, 4) is 0 Å². The third-order valence-corrected chi connectivity index (χ3v) is 6.25. The predicted octanol–water partition coefficient (Wildman–Crippen LogP) is 2.94. The molecule has 8 heteroatoms. The largest absolute Gasteiger partial charge is 0.469 e. The lowest BCUT2D eigenvalue weighted by atomic mass is 10.2. The Kier molecular flexibility index (Phi) is 10.5. The zero-order valence-corrected chi connectivity index (χ0v) is 20.3. The number of nitrogens with zero attached hydrogens (tertiary/aromatic N) is 3. The Morgan fingerprint density at radius 3 is 2.82 bits per heavy atom. The Morgan fingerprint density at radius 2 is 2.11 bits per heavy atom. The van der Waals surface area contributed by atoms with Crippen molar-refractivity contribution in [3.63, 3.8) is 0 Å². The zero-order valence-electron chi connectivity index (χ0n) is 17.2. The summed E-state index contributed by atoms with van der Waals surface area (Å²) < 4.78 is 11.1. The Hall–Kier alpha value is -0.450. The van der Waals surface area contributed by atoms with Crippen LogP contribution in [0.5, 0.6) is 0 Å². The van der Waals surface area contributed by atoms with E-state index in [2.05, 4.69) is 40.7 Å². The lowest BCUT2D eigenvalue weighted by Crippen LogP contribution is -2.51. The fraction of sp³-hybridized carbons (Fsp3) is 0.750. The van der Waals surface area contributed by atoms with Crippen LogP contribution in [0.15, 0.2) is 27.8 Å². The lowest BCUT2D eigenvalue weighted by molar-refractivity contribution is 0.0377. The fourth-order valence-corrected chi connectivity index (χ4v) is 4.63. The van der Waals surface area contributed by atoms with Crippen molar-refractivity contribution >= 4 is 41.7 Å². The van der Waals surface area contributed by atoms with Crippen LogP contribution in [0.2, 0.25) is 0 Å². The van der Waals surface area contributed by atoms with Crippen molar-refractivity contribution in [3.05, 3.63) is 24.2 Å². The van der Waals surface area contributed by atoms with Crippen LogP contribution in [0.3, 0.4) is 0 Å². The van der Waals surface area contributed by atoms with Gasteiger partial charge in [0.25, 0.3) is 0 Å². The number of thioether (sulfide) groups is 1. The molecule has 160 valence electrons. The van der Waals surface area contributed by atoms with Gasteiger partial charge in [-0.3, -0.25) is 9.89 Å². The molecule has 28 heavy (non-hydrogen) atoms. The average Bonchev–Trinajstić information content (AvgIpc) is 3.17. The molecule has 0 aliphatic carbocycles. The second kappa shape index (κ2) is 12.3. The first-order chi connectivity index (χ1) is 13.1. The highest BCUT2D eigenvalue weighted by Crippen LogP contribution is 2.29. The number of aliphatic imine (C=N–C) groups is 1. The molecule has 1 aromatic rings. The Balaban J connectivity index is 0.00000280. The Bertz CT molecular complexity index is 577. The van der Waals surface area contributed by atoms with Crippen molar-refractivity contribution in [2.75, 3.05) is 64.8 Å². The number of furan rings is 1. The lowest BCUT2D eigenvalue weighted by Gasteiger charge is -2.39. The molecule has 0 bridgehead atoms. The third-order valence-electron chi connectivity index (χ3n) is 4.96. The van der Waals surface area contributed by atoms with Crippen molar-refractivity contribution in [1.82, 2.24) is 15.1 Å². The van der Waals surface area contributed by atoms with Gasteiger partial charge in [-0.15, -0.1) is 24.0 Å². The van der Waals surface area contributed by atoms with Gasteiger partial charge in [-0.2, -0.15) is 11.8 Å². The summed E-state index contributed by atoms with van der Waals surface area (Å²) in [6.07, 6.45) is 3.71. The van der Waals surface area contributed by atoms with Crippen LogP contribution in [0, 0.1) is 0 Å². The molecule has 2 aliphatic heterocycles. The summed E-state index contributed by atoms with van der Waals surface area (Å²) in [7, 11) is 0. The third kappa shape index (κ3) is 8.12. The molecule has 0 spiro atoms. The number of guanidine groups is 1. The summed E-state index contributed by atoms with van der Waals surface area (Å²) in [4.78, 5) is 9.85. The minimum absolute atomic E-state index is 0. The number of hydrogen-bond acceptors (Lipinski definition) is 5. The van der Waals surface area contributed by atoms with E-state index < -0.39 is 0 Å². The molecule has 0 saturated carbocycles. The molecular weight excluding hydrogens is 487 g/mol. The van der Waals surface area contributed by atoms with Crippen LogP contribution in [-0.4, -0.2) is 85.3 Å². The van der Waals surface area contributed by atoms with Crippen LogP contribution in [0.1, 0.15) is 26.0 Å². The summed E-state index contributed by atoms with van der Waals surface area (Å²) >= 11 is 2.05. The Morgan fingerprint density at radius 1 is 1.29 bits per heavy atom. The van der Waals surface area contributed by atoms with Gasteiger partial charge in [-0.05, 0) is 32.4 Å². The van der Waals surface area contributed by atoms with E-state index in [0.29, 0.717) is 0 Å². The van der Waals surface area contributed by atoms with E-state index in [4.69, 9.17) is 14.1 Å². The molecule has 2 saturated heterocycles. The maximum absolute atomic E-state index is 5.45. The number of nitrogens with one attached hydrogen (secondary N) is 1. The number of halogens is 1. The van der Waals surface area contributed by atoms with Crippen molar-refractivity contribution in [2.24, 2.45) is 4.99 Å². The number of morpholine rings is 1. The summed E-state index contributed by atoms with van der Waals surface area (Å²) in [5.74, 6) is 3.22. The summed E-state index contributed by atoms with van der Waals surface area (Å²) in [5.41, 5.74) is 0. The van der Waals surface area contributed by atoms with Gasteiger partial charge in [0.1, 0.15) is 5.76 Å². The molecular formula is C20H35IN4O2S. The minimum atomic E-state index is 0.